The standard InChI is InChI=1S/C19H34O16/c1-19(30)7(4-22)33-18(12(27)15(19)28)35-14-6(3-21)32-17(11(26)9(14)24)34-13-5(2-20)31-16(29)10(25)8(13)23/h5-18,20-30H,2-4H2,1H3/t5?,6?,7?,8-,9-,10?,11?,12?,13+,14+,15-,16-,17+,18+,19+/m0/s1. The molecule has 3 heterocycles. The summed E-state index contributed by atoms with van der Waals surface area (Å²) in [4.78, 5) is 0. The molecule has 0 aromatic carbocycles. The van der Waals surface area contributed by atoms with E-state index in [4.69, 9.17) is 23.7 Å². The van der Waals surface area contributed by atoms with Crippen LogP contribution in [0.25, 0.3) is 0 Å². The van der Waals surface area contributed by atoms with Crippen LogP contribution in [0.3, 0.4) is 0 Å². The van der Waals surface area contributed by atoms with Gasteiger partial charge >= 0.3 is 0 Å². The molecule has 16 heteroatoms. The van der Waals surface area contributed by atoms with Gasteiger partial charge in [0.15, 0.2) is 18.9 Å². The Morgan fingerprint density at radius 2 is 1.11 bits per heavy atom. The van der Waals surface area contributed by atoms with E-state index in [1.54, 1.807) is 0 Å². The Hall–Kier alpha value is -0.640. The Kier molecular flexibility index (Phi) is 9.42. The first-order chi connectivity index (χ1) is 16.4. The predicted molar refractivity (Wildman–Crippen MR) is 106 cm³/mol. The average Bonchev–Trinajstić information content (AvgIpc) is 2.83. The van der Waals surface area contributed by atoms with Gasteiger partial charge in [-0.15, -0.1) is 0 Å². The van der Waals surface area contributed by atoms with Crippen LogP contribution in [0.15, 0.2) is 0 Å². The zero-order valence-electron chi connectivity index (χ0n) is 18.7. The average molecular weight is 518 g/mol. The second kappa shape index (κ2) is 11.4. The van der Waals surface area contributed by atoms with Crippen LogP contribution >= 0.6 is 0 Å². The molecule has 6 unspecified atom stereocenters. The van der Waals surface area contributed by atoms with Gasteiger partial charge in [0.05, 0.1) is 19.8 Å². The maximum atomic E-state index is 10.7. The Morgan fingerprint density at radius 1 is 0.629 bits per heavy atom. The SMILES string of the molecule is C[C@@]1(O)C(CO)O[C@H](O[C@@H]2C(CO)O[C@H](O[C@@H]3C(CO)O[C@H](O)C(O)[C@@H]3O)C(O)[C@@H]2O)C(O)[C@@H]1O. The van der Waals surface area contributed by atoms with Gasteiger partial charge in [0.25, 0.3) is 0 Å². The van der Waals surface area contributed by atoms with Gasteiger partial charge in [-0.1, -0.05) is 0 Å². The third-order valence-electron chi connectivity index (χ3n) is 6.56. The molecule has 0 spiro atoms. The van der Waals surface area contributed by atoms with Crippen molar-refractivity contribution in [2.75, 3.05) is 19.8 Å². The van der Waals surface area contributed by atoms with Crippen molar-refractivity contribution in [3.63, 3.8) is 0 Å². The summed E-state index contributed by atoms with van der Waals surface area (Å²) in [5.41, 5.74) is -2.05. The molecular formula is C19H34O16. The van der Waals surface area contributed by atoms with Crippen LogP contribution in [0.4, 0.5) is 0 Å². The van der Waals surface area contributed by atoms with Gasteiger partial charge < -0.3 is 79.9 Å². The quantitative estimate of drug-likeness (QED) is 0.149. The lowest BCUT2D eigenvalue weighted by molar-refractivity contribution is -0.383. The number of ether oxygens (including phenoxy) is 5. The van der Waals surface area contributed by atoms with Gasteiger partial charge in [-0.3, -0.25) is 0 Å². The van der Waals surface area contributed by atoms with Crippen molar-refractivity contribution in [3.05, 3.63) is 0 Å². The predicted octanol–water partition coefficient (Wildman–Crippen LogP) is -7.18. The van der Waals surface area contributed by atoms with Gasteiger partial charge in [0.2, 0.25) is 0 Å². The molecule has 206 valence electrons. The number of aliphatic hydroxyl groups excluding tert-OH is 10. The summed E-state index contributed by atoms with van der Waals surface area (Å²) in [6.45, 7) is -1.23. The Bertz CT molecular complexity index is 673. The highest BCUT2D eigenvalue weighted by atomic mass is 16.8. The highest BCUT2D eigenvalue weighted by Gasteiger charge is 2.55. The summed E-state index contributed by atoms with van der Waals surface area (Å²) in [6, 6.07) is 0. The van der Waals surface area contributed by atoms with Crippen molar-refractivity contribution in [1.82, 2.24) is 0 Å². The fraction of sp³-hybridized carbons (Fsp3) is 1.00. The number of rotatable bonds is 7. The second-order valence-corrected chi connectivity index (χ2v) is 8.97. The molecule has 3 aliphatic rings. The van der Waals surface area contributed by atoms with Crippen LogP contribution in [0, 0.1) is 0 Å². The van der Waals surface area contributed by atoms with Gasteiger partial charge in [-0.05, 0) is 6.92 Å². The molecule has 0 bridgehead atoms. The fourth-order valence-corrected chi connectivity index (χ4v) is 4.28. The van der Waals surface area contributed by atoms with Crippen molar-refractivity contribution in [2.45, 2.75) is 98.5 Å². The second-order valence-electron chi connectivity index (χ2n) is 8.97. The lowest BCUT2D eigenvalue weighted by atomic mass is 9.86. The molecule has 3 saturated heterocycles. The maximum Gasteiger partial charge on any atom is 0.187 e. The molecule has 0 saturated carbocycles. The van der Waals surface area contributed by atoms with Crippen LogP contribution in [-0.2, 0) is 23.7 Å². The zero-order chi connectivity index (χ0) is 26.2. The first-order valence-corrected chi connectivity index (χ1v) is 11.0. The van der Waals surface area contributed by atoms with Crippen molar-refractivity contribution >= 4 is 0 Å². The van der Waals surface area contributed by atoms with Crippen molar-refractivity contribution in [2.24, 2.45) is 0 Å². The summed E-state index contributed by atoms with van der Waals surface area (Å²) >= 11 is 0. The lowest BCUT2D eigenvalue weighted by Crippen LogP contribution is -2.68. The normalized spacial score (nSPS) is 53.5. The first kappa shape index (κ1) is 28.9. The molecular weight excluding hydrogens is 484 g/mol. The molecule has 16 nitrogen and oxygen atoms in total. The third kappa shape index (κ3) is 5.48. The molecule has 0 aromatic heterocycles. The summed E-state index contributed by atoms with van der Waals surface area (Å²) < 4.78 is 26.6. The molecule has 0 radical (unpaired) electrons. The van der Waals surface area contributed by atoms with Crippen molar-refractivity contribution in [1.29, 1.82) is 0 Å². The first-order valence-electron chi connectivity index (χ1n) is 11.0. The van der Waals surface area contributed by atoms with Crippen LogP contribution in [-0.4, -0.2) is 168 Å². The van der Waals surface area contributed by atoms with Crippen LogP contribution in [0.5, 0.6) is 0 Å². The molecule has 3 fully saturated rings. The minimum absolute atomic E-state index is 0.763. The largest absolute Gasteiger partial charge is 0.394 e. The van der Waals surface area contributed by atoms with E-state index in [-0.39, 0.29) is 0 Å². The van der Waals surface area contributed by atoms with Crippen molar-refractivity contribution in [3.8, 4) is 0 Å². The summed E-state index contributed by atoms with van der Waals surface area (Å²) in [7, 11) is 0. The topological polar surface area (TPSA) is 269 Å². The van der Waals surface area contributed by atoms with Gasteiger partial charge in [0.1, 0.15) is 72.7 Å². The van der Waals surface area contributed by atoms with Crippen LogP contribution in [0.1, 0.15) is 6.92 Å². The molecule has 15 atom stereocenters. The highest BCUT2D eigenvalue weighted by Crippen LogP contribution is 2.34. The van der Waals surface area contributed by atoms with Gasteiger partial charge in [-0.2, -0.15) is 0 Å². The molecule has 0 aliphatic carbocycles. The number of aliphatic hydroxyl groups is 11. The smallest absolute Gasteiger partial charge is 0.187 e. The Morgan fingerprint density at radius 3 is 1.63 bits per heavy atom. The van der Waals surface area contributed by atoms with E-state index >= 15 is 0 Å². The monoisotopic (exact) mass is 518 g/mol. The minimum Gasteiger partial charge on any atom is -0.394 e. The summed E-state index contributed by atoms with van der Waals surface area (Å²) in [5.74, 6) is 0. The van der Waals surface area contributed by atoms with E-state index in [2.05, 4.69) is 0 Å². The van der Waals surface area contributed by atoms with Crippen LogP contribution in [0.2, 0.25) is 0 Å². The molecule has 11 N–H and O–H groups in total. The number of hydrogen-bond acceptors (Lipinski definition) is 16. The van der Waals surface area contributed by atoms with Crippen LogP contribution < -0.4 is 0 Å². The highest BCUT2D eigenvalue weighted by molar-refractivity contribution is 5.00. The maximum absolute atomic E-state index is 10.7. The van der Waals surface area contributed by atoms with E-state index < -0.39 is 111 Å². The molecule has 3 rings (SSSR count). The van der Waals surface area contributed by atoms with Crippen molar-refractivity contribution < 1.29 is 79.9 Å². The molecule has 0 aromatic rings. The minimum atomic E-state index is -2.05. The van der Waals surface area contributed by atoms with E-state index in [1.165, 1.54) is 0 Å². The van der Waals surface area contributed by atoms with E-state index in [1.807, 2.05) is 0 Å². The Labute approximate surface area is 199 Å². The third-order valence-corrected chi connectivity index (χ3v) is 6.56. The van der Waals surface area contributed by atoms with Gasteiger partial charge in [-0.25, -0.2) is 0 Å². The Balaban J connectivity index is 1.73. The lowest BCUT2D eigenvalue weighted by Gasteiger charge is -2.49. The molecule has 3 aliphatic heterocycles. The van der Waals surface area contributed by atoms with E-state index in [9.17, 15) is 56.2 Å². The number of hydrogen-bond donors (Lipinski definition) is 11. The van der Waals surface area contributed by atoms with E-state index in [0.717, 1.165) is 6.92 Å². The molecule has 0 amide bonds. The van der Waals surface area contributed by atoms with Gasteiger partial charge in [0, 0.05) is 0 Å². The summed E-state index contributed by atoms with van der Waals surface area (Å²) in [5, 5.41) is 110. The zero-order valence-corrected chi connectivity index (χ0v) is 18.7. The summed E-state index contributed by atoms with van der Waals surface area (Å²) in [6.07, 6.45) is -23.7. The molecule has 35 heavy (non-hydrogen) atoms. The fourth-order valence-electron chi connectivity index (χ4n) is 4.28. The van der Waals surface area contributed by atoms with E-state index in [0.29, 0.717) is 0 Å².